The first-order valence-corrected chi connectivity index (χ1v) is 4.61. The van der Waals surface area contributed by atoms with Gasteiger partial charge in [-0.3, -0.25) is 9.93 Å². The number of phosphoric acid groups is 1. The van der Waals surface area contributed by atoms with E-state index in [9.17, 15) is 4.57 Å². The van der Waals surface area contributed by atoms with Crippen molar-refractivity contribution < 1.29 is 18.9 Å². The summed E-state index contributed by atoms with van der Waals surface area (Å²) >= 11 is 0. The van der Waals surface area contributed by atoms with E-state index < -0.39 is 7.82 Å². The van der Waals surface area contributed by atoms with Gasteiger partial charge in [0.25, 0.3) is 0 Å². The van der Waals surface area contributed by atoms with Gasteiger partial charge in [0.15, 0.2) is 5.96 Å². The minimum absolute atomic E-state index is 0. The Kier molecular flexibility index (Phi) is 14.2. The van der Waals surface area contributed by atoms with Crippen molar-refractivity contribution >= 4 is 72.9 Å². The number of likely N-dealkylation sites (N-methyl/N-ethyl adjacent to an activating group) is 1. The first-order chi connectivity index (χ1) is 5.33. The molecule has 0 saturated carbocycles. The van der Waals surface area contributed by atoms with Gasteiger partial charge in [-0.15, -0.1) is 0 Å². The second-order valence-corrected chi connectivity index (χ2v) is 3.37. The number of nitrogens with zero attached hydrogens (tertiary/aromatic N) is 1. The normalized spacial score (nSPS) is 9.64. The van der Waals surface area contributed by atoms with Gasteiger partial charge in [-0.1, -0.05) is 0 Å². The molecule has 0 aromatic rings. The molecule has 5 N–H and O–H groups in total. The molecule has 0 heterocycles. The summed E-state index contributed by atoms with van der Waals surface area (Å²) in [5.41, 5.74) is 5.05. The van der Waals surface area contributed by atoms with Gasteiger partial charge < -0.3 is 20.4 Å². The van der Waals surface area contributed by atoms with Crippen LogP contribution in [0.5, 0.6) is 0 Å². The van der Waals surface area contributed by atoms with Crippen molar-refractivity contribution in [2.45, 2.75) is 0 Å². The van der Waals surface area contributed by atoms with Crippen LogP contribution in [-0.4, -0.2) is 100.0 Å². The van der Waals surface area contributed by atoms with Gasteiger partial charge >= 0.3 is 7.82 Å². The van der Waals surface area contributed by atoms with E-state index >= 15 is 0 Å². The minimum atomic E-state index is -4.39. The van der Waals surface area contributed by atoms with Crippen LogP contribution in [-0.2, 0) is 9.09 Å². The molecule has 14 heavy (non-hydrogen) atoms. The number of rotatable bonds is 4. The molecule has 0 aromatic heterocycles. The molecule has 74 valence electrons. The van der Waals surface area contributed by atoms with Crippen LogP contribution >= 0.6 is 7.82 Å². The van der Waals surface area contributed by atoms with Gasteiger partial charge in [-0.05, 0) is 0 Å². The number of hydrogen-bond acceptors (Lipinski definition) is 3. The van der Waals surface area contributed by atoms with E-state index in [4.69, 9.17) is 20.9 Å². The van der Waals surface area contributed by atoms with Crippen LogP contribution in [0.15, 0.2) is 0 Å². The summed E-state index contributed by atoms with van der Waals surface area (Å²) in [6.45, 7) is 0.000795. The number of nitrogens with one attached hydrogen (secondary N) is 1. The summed E-state index contributed by atoms with van der Waals surface area (Å²) in [6.07, 6.45) is 0. The second kappa shape index (κ2) is 9.59. The summed E-state index contributed by atoms with van der Waals surface area (Å²) < 4.78 is 14.3. The van der Waals surface area contributed by atoms with E-state index in [2.05, 4.69) is 4.52 Å². The summed E-state index contributed by atoms with van der Waals surface area (Å²) in [4.78, 5) is 17.8. The molecule has 0 rings (SSSR count). The standard InChI is InChI=1S/C4H12N3O4P.2Na/c1-7(4(5)6)2-3-11-12(8,9)10;;/h2-3H2,1H3,(H3,5,6)(H2,8,9,10);;. The summed E-state index contributed by atoms with van der Waals surface area (Å²) in [5, 5.41) is 6.89. The third-order valence-corrected chi connectivity index (χ3v) is 1.62. The van der Waals surface area contributed by atoms with Crippen molar-refractivity contribution in [1.82, 2.24) is 4.90 Å². The Morgan fingerprint density at radius 3 is 2.29 bits per heavy atom. The van der Waals surface area contributed by atoms with Crippen LogP contribution in [0.25, 0.3) is 0 Å². The molecule has 0 spiro atoms. The molecule has 0 aliphatic heterocycles. The zero-order valence-corrected chi connectivity index (χ0v) is 13.5. The Labute approximate surface area is 127 Å². The Balaban J connectivity index is -0.000000605. The summed E-state index contributed by atoms with van der Waals surface area (Å²) in [5.74, 6) is -0.177. The van der Waals surface area contributed by atoms with E-state index in [0.29, 0.717) is 0 Å². The van der Waals surface area contributed by atoms with Crippen molar-refractivity contribution in [3.63, 3.8) is 0 Å². The van der Waals surface area contributed by atoms with Crippen molar-refractivity contribution in [1.29, 1.82) is 5.41 Å². The maximum atomic E-state index is 10.2. The summed E-state index contributed by atoms with van der Waals surface area (Å²) in [7, 11) is -2.87. The molecule has 7 nitrogen and oxygen atoms in total. The number of phosphoric ester groups is 1. The molecule has 2 radical (unpaired) electrons. The van der Waals surface area contributed by atoms with E-state index in [1.807, 2.05) is 0 Å². The second-order valence-electron chi connectivity index (χ2n) is 2.13. The van der Waals surface area contributed by atoms with Crippen LogP contribution < -0.4 is 5.73 Å². The molecule has 0 bridgehead atoms. The fraction of sp³-hybridized carbons (Fsp3) is 0.750. The van der Waals surface area contributed by atoms with Crippen LogP contribution in [0, 0.1) is 5.41 Å². The zero-order chi connectivity index (χ0) is 9.78. The molecular formula is C4H12N3Na2O4P. The van der Waals surface area contributed by atoms with Crippen molar-refractivity contribution in [3.8, 4) is 0 Å². The molecule has 0 aromatic carbocycles. The molecule has 0 fully saturated rings. The fourth-order valence-corrected chi connectivity index (χ4v) is 0.737. The van der Waals surface area contributed by atoms with E-state index in [0.717, 1.165) is 0 Å². The average molecular weight is 243 g/mol. The smallest absolute Gasteiger partial charge is 0.370 e. The molecule has 0 amide bonds. The van der Waals surface area contributed by atoms with Gasteiger partial charge in [-0.2, -0.15) is 0 Å². The Morgan fingerprint density at radius 1 is 1.57 bits per heavy atom. The molecule has 10 heteroatoms. The van der Waals surface area contributed by atoms with Crippen LogP contribution in [0.4, 0.5) is 0 Å². The number of guanidine groups is 1. The molecule has 0 atom stereocenters. The van der Waals surface area contributed by atoms with Crippen LogP contribution in [0.3, 0.4) is 0 Å². The van der Waals surface area contributed by atoms with Gasteiger partial charge in [0, 0.05) is 72.7 Å². The van der Waals surface area contributed by atoms with E-state index in [1.165, 1.54) is 11.9 Å². The van der Waals surface area contributed by atoms with E-state index in [-0.39, 0.29) is 78.2 Å². The molecule has 0 saturated heterocycles. The first-order valence-electron chi connectivity index (χ1n) is 3.08. The largest absolute Gasteiger partial charge is 0.469 e. The number of nitrogens with two attached hydrogens (primary N) is 1. The third kappa shape index (κ3) is 13.4. The maximum absolute atomic E-state index is 10.2. The Morgan fingerprint density at radius 2 is 2.00 bits per heavy atom. The number of hydrogen-bond donors (Lipinski definition) is 4. The van der Waals surface area contributed by atoms with Gasteiger partial charge in [0.05, 0.1) is 6.61 Å². The van der Waals surface area contributed by atoms with Crippen LogP contribution in [0.2, 0.25) is 0 Å². The molecule has 0 unspecified atom stereocenters. The molecule has 0 aliphatic carbocycles. The predicted molar refractivity (Wildman–Crippen MR) is 54.0 cm³/mol. The van der Waals surface area contributed by atoms with Gasteiger partial charge in [0.2, 0.25) is 0 Å². The fourth-order valence-electron chi connectivity index (χ4n) is 0.417. The van der Waals surface area contributed by atoms with Crippen molar-refractivity contribution in [3.05, 3.63) is 0 Å². The minimum Gasteiger partial charge on any atom is -0.370 e. The topological polar surface area (TPSA) is 120 Å². The van der Waals surface area contributed by atoms with Crippen molar-refractivity contribution in [2.24, 2.45) is 5.73 Å². The average Bonchev–Trinajstić information content (AvgIpc) is 1.84. The van der Waals surface area contributed by atoms with Crippen LogP contribution in [0.1, 0.15) is 0 Å². The van der Waals surface area contributed by atoms with E-state index in [1.54, 1.807) is 0 Å². The Bertz CT molecular complexity index is 211. The van der Waals surface area contributed by atoms with Crippen molar-refractivity contribution in [2.75, 3.05) is 20.2 Å². The van der Waals surface area contributed by atoms with Gasteiger partial charge in [0.1, 0.15) is 0 Å². The first kappa shape index (κ1) is 20.8. The SMILES string of the molecule is CN(CCOP(=O)(O)O)C(=N)N.[Na].[Na]. The third-order valence-electron chi connectivity index (χ3n) is 1.10. The Hall–Kier alpha value is 1.38. The monoisotopic (exact) mass is 243 g/mol. The van der Waals surface area contributed by atoms with Gasteiger partial charge in [-0.25, -0.2) is 4.57 Å². The maximum Gasteiger partial charge on any atom is 0.469 e. The predicted octanol–water partition coefficient (Wildman–Crippen LogP) is -1.84. The zero-order valence-electron chi connectivity index (χ0n) is 8.60. The quantitative estimate of drug-likeness (QED) is 0.199. The molecular weight excluding hydrogens is 231 g/mol. The molecule has 0 aliphatic rings. The summed E-state index contributed by atoms with van der Waals surface area (Å²) in [6, 6.07) is 0.